The Morgan fingerprint density at radius 1 is 1.26 bits per heavy atom. The highest BCUT2D eigenvalue weighted by Crippen LogP contribution is 2.38. The fraction of sp³-hybridized carbons (Fsp3) is 0.562. The number of hydrogen-bond acceptors (Lipinski definition) is 3. The molecule has 0 atom stereocenters. The Morgan fingerprint density at radius 2 is 2.00 bits per heavy atom. The molecule has 128 valence electrons. The molecule has 1 heterocycles. The van der Waals surface area contributed by atoms with Crippen LogP contribution < -0.4 is 20.5 Å². The van der Waals surface area contributed by atoms with Gasteiger partial charge >= 0.3 is 0 Å². The van der Waals surface area contributed by atoms with Gasteiger partial charge in [0.2, 0.25) is 0 Å². The summed E-state index contributed by atoms with van der Waals surface area (Å²) in [6.45, 7) is 1.73. The highest BCUT2D eigenvalue weighted by atomic mass is 127. The van der Waals surface area contributed by atoms with Crippen LogP contribution in [0, 0.1) is 0 Å². The van der Waals surface area contributed by atoms with Gasteiger partial charge in [-0.05, 0) is 37.0 Å². The number of halogens is 2. The van der Waals surface area contributed by atoms with Crippen molar-refractivity contribution < 1.29 is 9.47 Å². The van der Waals surface area contributed by atoms with Gasteiger partial charge in [-0.2, -0.15) is 0 Å². The number of nitrogens with two attached hydrogens (primary N) is 1. The summed E-state index contributed by atoms with van der Waals surface area (Å²) in [5.74, 6) is 1.90. The zero-order valence-corrected chi connectivity index (χ0v) is 16.1. The van der Waals surface area contributed by atoms with E-state index in [0.29, 0.717) is 42.5 Å². The van der Waals surface area contributed by atoms with Crippen molar-refractivity contribution in [3.05, 3.63) is 22.7 Å². The molecule has 1 fully saturated rings. The molecule has 1 aliphatic heterocycles. The summed E-state index contributed by atoms with van der Waals surface area (Å²) in [6.07, 6.45) is 5.70. The number of aliphatic imine (C=N–C) groups is 1. The van der Waals surface area contributed by atoms with E-state index in [1.165, 1.54) is 25.7 Å². The minimum absolute atomic E-state index is 0. The predicted octanol–water partition coefficient (Wildman–Crippen LogP) is 3.12. The Labute approximate surface area is 159 Å². The summed E-state index contributed by atoms with van der Waals surface area (Å²) in [6, 6.07) is 4.37. The molecule has 1 aliphatic carbocycles. The fourth-order valence-corrected chi connectivity index (χ4v) is 3.23. The number of fused-ring (bicyclic) bond motifs is 1. The Kier molecular flexibility index (Phi) is 7.08. The number of hydrogen-bond donors (Lipinski definition) is 2. The van der Waals surface area contributed by atoms with Gasteiger partial charge in [0.25, 0.3) is 0 Å². The van der Waals surface area contributed by atoms with Gasteiger partial charge in [0, 0.05) is 12.6 Å². The van der Waals surface area contributed by atoms with Gasteiger partial charge < -0.3 is 20.5 Å². The summed E-state index contributed by atoms with van der Waals surface area (Å²) in [4.78, 5) is 4.39. The summed E-state index contributed by atoms with van der Waals surface area (Å²) in [7, 11) is 0. The molecule has 0 bridgehead atoms. The van der Waals surface area contributed by atoms with Gasteiger partial charge in [0.05, 0.1) is 5.02 Å². The number of ether oxygens (including phenoxy) is 2. The van der Waals surface area contributed by atoms with Gasteiger partial charge in [-0.1, -0.05) is 24.4 Å². The van der Waals surface area contributed by atoms with Crippen LogP contribution in [0.2, 0.25) is 5.02 Å². The summed E-state index contributed by atoms with van der Waals surface area (Å²) in [5, 5.41) is 3.87. The molecule has 0 aromatic heterocycles. The summed E-state index contributed by atoms with van der Waals surface area (Å²) < 4.78 is 11.1. The maximum absolute atomic E-state index is 6.22. The van der Waals surface area contributed by atoms with E-state index in [1.807, 2.05) is 12.1 Å². The molecule has 23 heavy (non-hydrogen) atoms. The van der Waals surface area contributed by atoms with Crippen molar-refractivity contribution in [3.63, 3.8) is 0 Å². The molecule has 0 spiro atoms. The highest BCUT2D eigenvalue weighted by Gasteiger charge is 2.17. The van der Waals surface area contributed by atoms with Crippen molar-refractivity contribution in [1.82, 2.24) is 5.32 Å². The molecule has 1 saturated carbocycles. The molecule has 7 heteroatoms. The van der Waals surface area contributed by atoms with Crippen LogP contribution in [-0.2, 0) is 6.42 Å². The van der Waals surface area contributed by atoms with Crippen LogP contribution in [0.15, 0.2) is 17.1 Å². The van der Waals surface area contributed by atoms with Gasteiger partial charge in [-0.25, -0.2) is 0 Å². The smallest absolute Gasteiger partial charge is 0.188 e. The molecule has 5 nitrogen and oxygen atoms in total. The van der Waals surface area contributed by atoms with Crippen molar-refractivity contribution in [2.24, 2.45) is 10.7 Å². The second kappa shape index (κ2) is 8.82. The molecule has 0 saturated heterocycles. The van der Waals surface area contributed by atoms with Crippen molar-refractivity contribution in [2.75, 3.05) is 19.8 Å². The lowest BCUT2D eigenvalue weighted by atomic mass is 10.1. The van der Waals surface area contributed by atoms with Crippen LogP contribution in [0.5, 0.6) is 11.5 Å². The van der Waals surface area contributed by atoms with Gasteiger partial charge in [-0.15, -0.1) is 24.0 Å². The number of benzene rings is 1. The third-order valence-corrected chi connectivity index (χ3v) is 4.33. The van der Waals surface area contributed by atoms with E-state index in [0.717, 1.165) is 17.7 Å². The topological polar surface area (TPSA) is 68.9 Å². The number of nitrogens with zero attached hydrogens (tertiary/aromatic N) is 1. The number of nitrogens with one attached hydrogen (secondary N) is 1. The molecule has 0 unspecified atom stereocenters. The van der Waals surface area contributed by atoms with E-state index < -0.39 is 0 Å². The summed E-state index contributed by atoms with van der Waals surface area (Å²) in [5.41, 5.74) is 7.00. The molecule has 3 rings (SSSR count). The third kappa shape index (κ3) is 5.04. The second-order valence-electron chi connectivity index (χ2n) is 5.74. The summed E-state index contributed by atoms with van der Waals surface area (Å²) >= 11 is 6.22. The molecule has 3 N–H and O–H groups in total. The Balaban J connectivity index is 0.00000192. The first kappa shape index (κ1) is 18.4. The van der Waals surface area contributed by atoms with Crippen molar-refractivity contribution in [1.29, 1.82) is 0 Å². The van der Waals surface area contributed by atoms with Gasteiger partial charge in [0.15, 0.2) is 17.5 Å². The molecule has 1 aromatic carbocycles. The molecule has 0 amide bonds. The predicted molar refractivity (Wildman–Crippen MR) is 103 cm³/mol. The van der Waals surface area contributed by atoms with E-state index in [-0.39, 0.29) is 24.0 Å². The van der Waals surface area contributed by atoms with Crippen molar-refractivity contribution >= 4 is 41.5 Å². The lowest BCUT2D eigenvalue weighted by molar-refractivity contribution is 0.171. The SMILES string of the molecule is I.NC(=NCCc1cc(Cl)c2c(c1)OCCO2)NC1CCCC1. The van der Waals surface area contributed by atoms with Crippen molar-refractivity contribution in [2.45, 2.75) is 38.1 Å². The average Bonchev–Trinajstić information content (AvgIpc) is 3.00. The minimum Gasteiger partial charge on any atom is -0.486 e. The van der Waals surface area contributed by atoms with E-state index in [4.69, 9.17) is 26.8 Å². The Hall–Kier alpha value is -0.890. The molecule has 2 aliphatic rings. The average molecular weight is 452 g/mol. The first-order valence-corrected chi connectivity index (χ1v) is 8.24. The zero-order chi connectivity index (χ0) is 15.4. The first-order valence-electron chi connectivity index (χ1n) is 7.87. The molecule has 1 aromatic rings. The van der Waals surface area contributed by atoms with Crippen LogP contribution in [0.1, 0.15) is 31.2 Å². The monoisotopic (exact) mass is 451 g/mol. The zero-order valence-electron chi connectivity index (χ0n) is 13.0. The maximum atomic E-state index is 6.22. The van der Waals surface area contributed by atoms with Crippen LogP contribution in [0.4, 0.5) is 0 Å². The van der Waals surface area contributed by atoms with Gasteiger partial charge in [0.1, 0.15) is 13.2 Å². The third-order valence-electron chi connectivity index (χ3n) is 4.05. The maximum Gasteiger partial charge on any atom is 0.188 e. The number of guanidine groups is 1. The fourth-order valence-electron chi connectivity index (χ4n) is 2.94. The first-order chi connectivity index (χ1) is 10.7. The van der Waals surface area contributed by atoms with Crippen LogP contribution in [0.3, 0.4) is 0 Å². The van der Waals surface area contributed by atoms with Crippen LogP contribution in [0.25, 0.3) is 0 Å². The quantitative estimate of drug-likeness (QED) is 0.419. The van der Waals surface area contributed by atoms with E-state index >= 15 is 0 Å². The Bertz CT molecular complexity index is 563. The molecule has 0 radical (unpaired) electrons. The lowest BCUT2D eigenvalue weighted by Crippen LogP contribution is -2.38. The van der Waals surface area contributed by atoms with E-state index in [9.17, 15) is 0 Å². The Morgan fingerprint density at radius 3 is 2.78 bits per heavy atom. The van der Waals surface area contributed by atoms with Crippen LogP contribution >= 0.6 is 35.6 Å². The lowest BCUT2D eigenvalue weighted by Gasteiger charge is -2.20. The molecular weight excluding hydrogens is 429 g/mol. The van der Waals surface area contributed by atoms with E-state index in [2.05, 4.69) is 10.3 Å². The standard InChI is InChI=1S/C16H22ClN3O2.HI/c17-13-9-11(10-14-15(13)22-8-7-21-14)5-6-19-16(18)20-12-3-1-2-4-12;/h9-10,12H,1-8H2,(H3,18,19,20);1H. The van der Waals surface area contributed by atoms with E-state index in [1.54, 1.807) is 0 Å². The number of rotatable bonds is 4. The second-order valence-corrected chi connectivity index (χ2v) is 6.15. The minimum atomic E-state index is 0. The van der Waals surface area contributed by atoms with Crippen LogP contribution in [-0.4, -0.2) is 31.8 Å². The highest BCUT2D eigenvalue weighted by molar-refractivity contribution is 14.0. The van der Waals surface area contributed by atoms with Gasteiger partial charge in [-0.3, -0.25) is 4.99 Å². The normalized spacial score (nSPS) is 17.7. The molecular formula is C16H23ClIN3O2. The largest absolute Gasteiger partial charge is 0.486 e. The van der Waals surface area contributed by atoms with Crippen molar-refractivity contribution in [3.8, 4) is 11.5 Å².